The van der Waals surface area contributed by atoms with Crippen LogP contribution in [0.25, 0.3) is 0 Å². The highest BCUT2D eigenvalue weighted by Gasteiger charge is 2.28. The number of benzene rings is 2. The van der Waals surface area contributed by atoms with Gasteiger partial charge in [0.1, 0.15) is 0 Å². The summed E-state index contributed by atoms with van der Waals surface area (Å²) in [6.45, 7) is 4.55. The SMILES string of the molecule is CC1CCN(C(=O)Cc2cccc(N(Cc3ccccc3)C(=O)C3CCCC3)c2)CC1. The van der Waals surface area contributed by atoms with Gasteiger partial charge in [-0.2, -0.15) is 0 Å². The van der Waals surface area contributed by atoms with Crippen molar-refractivity contribution in [1.29, 1.82) is 0 Å². The maximum absolute atomic E-state index is 13.4. The van der Waals surface area contributed by atoms with Crippen molar-refractivity contribution in [1.82, 2.24) is 4.90 Å². The van der Waals surface area contributed by atoms with Gasteiger partial charge in [0.15, 0.2) is 0 Å². The Balaban J connectivity index is 1.52. The highest BCUT2D eigenvalue weighted by atomic mass is 16.2. The van der Waals surface area contributed by atoms with Crippen molar-refractivity contribution in [2.24, 2.45) is 11.8 Å². The summed E-state index contributed by atoms with van der Waals surface area (Å²) in [6.07, 6.45) is 6.82. The van der Waals surface area contributed by atoms with Gasteiger partial charge >= 0.3 is 0 Å². The van der Waals surface area contributed by atoms with Crippen molar-refractivity contribution in [2.45, 2.75) is 58.4 Å². The molecule has 0 unspecified atom stereocenters. The normalized spacial score (nSPS) is 17.6. The zero-order valence-corrected chi connectivity index (χ0v) is 18.6. The highest BCUT2D eigenvalue weighted by Crippen LogP contribution is 2.30. The third-order valence-electron chi connectivity index (χ3n) is 6.87. The molecule has 0 N–H and O–H groups in total. The van der Waals surface area contributed by atoms with Gasteiger partial charge in [0.25, 0.3) is 0 Å². The molecular formula is C27H34N2O2. The van der Waals surface area contributed by atoms with E-state index in [4.69, 9.17) is 0 Å². The lowest BCUT2D eigenvalue weighted by atomic mass is 9.98. The van der Waals surface area contributed by atoms with Crippen LogP contribution in [0.2, 0.25) is 0 Å². The zero-order chi connectivity index (χ0) is 21.6. The van der Waals surface area contributed by atoms with E-state index in [1.165, 1.54) is 0 Å². The number of nitrogens with zero attached hydrogens (tertiary/aromatic N) is 2. The molecule has 31 heavy (non-hydrogen) atoms. The molecule has 164 valence electrons. The lowest BCUT2D eigenvalue weighted by Crippen LogP contribution is -2.38. The second kappa shape index (κ2) is 10.1. The van der Waals surface area contributed by atoms with Crippen molar-refractivity contribution in [3.63, 3.8) is 0 Å². The van der Waals surface area contributed by atoms with Crippen molar-refractivity contribution >= 4 is 17.5 Å². The molecule has 4 rings (SSSR count). The van der Waals surface area contributed by atoms with Crippen LogP contribution in [-0.2, 0) is 22.6 Å². The van der Waals surface area contributed by atoms with E-state index in [1.807, 2.05) is 52.3 Å². The van der Waals surface area contributed by atoms with E-state index in [-0.39, 0.29) is 17.7 Å². The van der Waals surface area contributed by atoms with Crippen LogP contribution in [0.3, 0.4) is 0 Å². The van der Waals surface area contributed by atoms with Gasteiger partial charge in [-0.05, 0) is 54.9 Å². The van der Waals surface area contributed by atoms with Crippen LogP contribution in [0.5, 0.6) is 0 Å². The minimum Gasteiger partial charge on any atom is -0.342 e. The van der Waals surface area contributed by atoms with Crippen LogP contribution in [0.4, 0.5) is 5.69 Å². The van der Waals surface area contributed by atoms with E-state index < -0.39 is 0 Å². The fourth-order valence-electron chi connectivity index (χ4n) is 4.83. The molecule has 1 saturated carbocycles. The Morgan fingerprint density at radius 3 is 2.29 bits per heavy atom. The average molecular weight is 419 g/mol. The van der Waals surface area contributed by atoms with Crippen molar-refractivity contribution in [3.8, 4) is 0 Å². The first kappa shape index (κ1) is 21.6. The Morgan fingerprint density at radius 2 is 1.58 bits per heavy atom. The number of anilines is 1. The van der Waals surface area contributed by atoms with E-state index in [9.17, 15) is 9.59 Å². The van der Waals surface area contributed by atoms with Gasteiger partial charge in [-0.3, -0.25) is 9.59 Å². The molecule has 4 heteroatoms. The van der Waals surface area contributed by atoms with E-state index in [1.54, 1.807) is 0 Å². The molecule has 1 heterocycles. The summed E-state index contributed by atoms with van der Waals surface area (Å²) in [7, 11) is 0. The first-order chi connectivity index (χ1) is 15.1. The topological polar surface area (TPSA) is 40.6 Å². The summed E-state index contributed by atoms with van der Waals surface area (Å²) in [4.78, 5) is 30.2. The number of hydrogen-bond donors (Lipinski definition) is 0. The van der Waals surface area contributed by atoms with Crippen LogP contribution >= 0.6 is 0 Å². The first-order valence-electron chi connectivity index (χ1n) is 11.8. The maximum Gasteiger partial charge on any atom is 0.230 e. The number of likely N-dealkylation sites (tertiary alicyclic amines) is 1. The van der Waals surface area contributed by atoms with Gasteiger partial charge in [0.05, 0.1) is 13.0 Å². The molecule has 0 bridgehead atoms. The number of rotatable bonds is 6. The summed E-state index contributed by atoms with van der Waals surface area (Å²) in [5, 5.41) is 0. The average Bonchev–Trinajstić information content (AvgIpc) is 3.33. The second-order valence-corrected chi connectivity index (χ2v) is 9.30. The Morgan fingerprint density at radius 1 is 0.903 bits per heavy atom. The third-order valence-corrected chi connectivity index (χ3v) is 6.87. The summed E-state index contributed by atoms with van der Waals surface area (Å²) in [5.74, 6) is 1.24. The van der Waals surface area contributed by atoms with Gasteiger partial charge in [0.2, 0.25) is 11.8 Å². The van der Waals surface area contributed by atoms with Crippen molar-refractivity contribution in [3.05, 3.63) is 65.7 Å². The Kier molecular flexibility index (Phi) is 7.06. The number of amides is 2. The Labute approximate surface area is 186 Å². The molecule has 2 aromatic carbocycles. The summed E-state index contributed by atoms with van der Waals surface area (Å²) < 4.78 is 0. The number of hydrogen-bond acceptors (Lipinski definition) is 2. The van der Waals surface area contributed by atoms with Crippen molar-refractivity contribution in [2.75, 3.05) is 18.0 Å². The van der Waals surface area contributed by atoms with E-state index in [0.29, 0.717) is 18.9 Å². The van der Waals surface area contributed by atoms with E-state index in [2.05, 4.69) is 19.1 Å². The molecule has 0 spiro atoms. The lowest BCUT2D eigenvalue weighted by Gasteiger charge is -2.30. The Bertz CT molecular complexity index is 881. The minimum absolute atomic E-state index is 0.115. The van der Waals surface area contributed by atoms with Crippen LogP contribution in [0.1, 0.15) is 56.6 Å². The molecule has 0 atom stereocenters. The molecule has 1 saturated heterocycles. The predicted octanol–water partition coefficient (Wildman–Crippen LogP) is 5.21. The van der Waals surface area contributed by atoms with Gasteiger partial charge < -0.3 is 9.80 Å². The van der Waals surface area contributed by atoms with Gasteiger partial charge in [-0.15, -0.1) is 0 Å². The molecule has 2 amide bonds. The van der Waals surface area contributed by atoms with Gasteiger partial charge in [0, 0.05) is 24.7 Å². The third kappa shape index (κ3) is 5.55. The quantitative estimate of drug-likeness (QED) is 0.646. The summed E-state index contributed by atoms with van der Waals surface area (Å²) in [5.41, 5.74) is 3.01. The lowest BCUT2D eigenvalue weighted by molar-refractivity contribution is -0.131. The zero-order valence-electron chi connectivity index (χ0n) is 18.6. The van der Waals surface area contributed by atoms with E-state index >= 15 is 0 Å². The molecule has 1 aliphatic carbocycles. The standard InChI is InChI=1S/C27H34N2O2/c1-21-14-16-28(17-15-21)26(30)19-23-10-7-13-25(18-23)29(20-22-8-3-2-4-9-22)27(31)24-11-5-6-12-24/h2-4,7-10,13,18,21,24H,5-6,11-12,14-17,19-20H2,1H3. The molecule has 4 nitrogen and oxygen atoms in total. The molecule has 2 aromatic rings. The predicted molar refractivity (Wildman–Crippen MR) is 125 cm³/mol. The molecule has 0 radical (unpaired) electrons. The largest absolute Gasteiger partial charge is 0.342 e. The molecule has 2 aliphatic rings. The molecular weight excluding hydrogens is 384 g/mol. The van der Waals surface area contributed by atoms with E-state index in [0.717, 1.165) is 68.4 Å². The number of piperidine rings is 1. The number of carbonyl (C=O) groups is 2. The molecule has 2 fully saturated rings. The Hall–Kier alpha value is -2.62. The van der Waals surface area contributed by atoms with Crippen LogP contribution in [0, 0.1) is 11.8 Å². The van der Waals surface area contributed by atoms with Crippen LogP contribution in [-0.4, -0.2) is 29.8 Å². The smallest absolute Gasteiger partial charge is 0.230 e. The van der Waals surface area contributed by atoms with Gasteiger partial charge in [-0.25, -0.2) is 0 Å². The minimum atomic E-state index is 0.115. The first-order valence-corrected chi connectivity index (χ1v) is 11.8. The summed E-state index contributed by atoms with van der Waals surface area (Å²) in [6, 6.07) is 18.2. The second-order valence-electron chi connectivity index (χ2n) is 9.30. The van der Waals surface area contributed by atoms with Crippen LogP contribution in [0.15, 0.2) is 54.6 Å². The fraction of sp³-hybridized carbons (Fsp3) is 0.481. The monoisotopic (exact) mass is 418 g/mol. The molecule has 1 aliphatic heterocycles. The summed E-state index contributed by atoms with van der Waals surface area (Å²) >= 11 is 0. The van der Waals surface area contributed by atoms with Gasteiger partial charge in [-0.1, -0.05) is 62.2 Å². The highest BCUT2D eigenvalue weighted by molar-refractivity contribution is 5.95. The fourth-order valence-corrected chi connectivity index (χ4v) is 4.83. The van der Waals surface area contributed by atoms with Crippen molar-refractivity contribution < 1.29 is 9.59 Å². The number of carbonyl (C=O) groups excluding carboxylic acids is 2. The maximum atomic E-state index is 13.4. The molecule has 0 aromatic heterocycles. The van der Waals surface area contributed by atoms with Crippen LogP contribution < -0.4 is 4.90 Å².